The molecule has 6 nitrogen and oxygen atoms in total. The number of benzene rings is 3. The molecule has 0 bridgehead atoms. The molecule has 1 aliphatic heterocycles. The maximum atomic E-state index is 13.0. The van der Waals surface area contributed by atoms with Crippen LogP contribution in [0, 0.1) is 0 Å². The molecule has 3 aromatic carbocycles. The van der Waals surface area contributed by atoms with Crippen LogP contribution in [0.25, 0.3) is 0 Å². The standard InChI is InChI=1S/C22H20N2O4S/c1-28-22-14-16(6-11-21(22)25)15-23-18-7-9-19(10-8-18)29(26,27)24-13-12-17-4-2-3-5-20(17)24/h2-11,14-15,25H,12-13H2,1H3. The topological polar surface area (TPSA) is 79.2 Å². The number of para-hydroxylation sites is 1. The van der Waals surface area contributed by atoms with Gasteiger partial charge in [-0.1, -0.05) is 18.2 Å². The number of phenolic OH excluding ortho intramolecular Hbond substituents is 1. The van der Waals surface area contributed by atoms with E-state index < -0.39 is 10.0 Å². The summed E-state index contributed by atoms with van der Waals surface area (Å²) < 4.78 is 32.6. The lowest BCUT2D eigenvalue weighted by atomic mass is 10.2. The molecule has 0 atom stereocenters. The van der Waals surface area contributed by atoms with Crippen molar-refractivity contribution in [2.24, 2.45) is 4.99 Å². The third kappa shape index (κ3) is 3.69. The SMILES string of the molecule is COc1cc(C=Nc2ccc(S(=O)(=O)N3CCc4ccccc43)cc2)ccc1O. The molecule has 3 aromatic rings. The van der Waals surface area contributed by atoms with Crippen LogP contribution in [0.3, 0.4) is 0 Å². The van der Waals surface area contributed by atoms with Crippen molar-refractivity contribution in [3.63, 3.8) is 0 Å². The number of rotatable bonds is 5. The van der Waals surface area contributed by atoms with Crippen molar-refractivity contribution in [2.75, 3.05) is 18.0 Å². The fraction of sp³-hybridized carbons (Fsp3) is 0.136. The Morgan fingerprint density at radius 1 is 1.07 bits per heavy atom. The van der Waals surface area contributed by atoms with Crippen molar-refractivity contribution >= 4 is 27.6 Å². The van der Waals surface area contributed by atoms with E-state index in [0.29, 0.717) is 24.4 Å². The number of aromatic hydroxyl groups is 1. The Kier molecular flexibility index (Phi) is 4.98. The van der Waals surface area contributed by atoms with Crippen LogP contribution in [-0.2, 0) is 16.4 Å². The number of fused-ring (bicyclic) bond motifs is 1. The number of hydrogen-bond acceptors (Lipinski definition) is 5. The summed E-state index contributed by atoms with van der Waals surface area (Å²) in [6.45, 7) is 0.449. The Morgan fingerprint density at radius 3 is 2.59 bits per heavy atom. The predicted molar refractivity (Wildman–Crippen MR) is 113 cm³/mol. The number of hydrogen-bond donors (Lipinski definition) is 1. The second-order valence-corrected chi connectivity index (χ2v) is 8.50. The van der Waals surface area contributed by atoms with Crippen LogP contribution in [0.4, 0.5) is 11.4 Å². The Morgan fingerprint density at radius 2 is 1.83 bits per heavy atom. The summed E-state index contributed by atoms with van der Waals surface area (Å²) in [5.41, 5.74) is 3.17. The number of sulfonamides is 1. The van der Waals surface area contributed by atoms with Gasteiger partial charge in [-0.15, -0.1) is 0 Å². The van der Waals surface area contributed by atoms with Gasteiger partial charge in [-0.25, -0.2) is 8.42 Å². The highest BCUT2D eigenvalue weighted by molar-refractivity contribution is 7.92. The molecule has 0 aliphatic carbocycles. The van der Waals surface area contributed by atoms with E-state index >= 15 is 0 Å². The number of aliphatic imine (C=N–C) groups is 1. The summed E-state index contributed by atoms with van der Waals surface area (Å²) in [7, 11) is -2.13. The van der Waals surface area contributed by atoms with E-state index in [1.807, 2.05) is 24.3 Å². The molecule has 0 radical (unpaired) electrons. The van der Waals surface area contributed by atoms with Crippen LogP contribution >= 0.6 is 0 Å². The van der Waals surface area contributed by atoms with E-state index in [-0.39, 0.29) is 10.6 Å². The quantitative estimate of drug-likeness (QED) is 0.650. The second kappa shape index (κ2) is 7.60. The van der Waals surface area contributed by atoms with Crippen LogP contribution in [0.15, 0.2) is 76.6 Å². The summed E-state index contributed by atoms with van der Waals surface area (Å²) in [6, 6.07) is 19.0. The molecule has 1 heterocycles. The van der Waals surface area contributed by atoms with Crippen LogP contribution in [0.2, 0.25) is 0 Å². The molecule has 1 aliphatic rings. The third-order valence-corrected chi connectivity index (χ3v) is 6.66. The minimum Gasteiger partial charge on any atom is -0.504 e. The Labute approximate surface area is 169 Å². The van der Waals surface area contributed by atoms with Crippen molar-refractivity contribution in [2.45, 2.75) is 11.3 Å². The zero-order valence-corrected chi connectivity index (χ0v) is 16.6. The lowest BCUT2D eigenvalue weighted by Crippen LogP contribution is -2.29. The van der Waals surface area contributed by atoms with Gasteiger partial charge in [0.15, 0.2) is 11.5 Å². The van der Waals surface area contributed by atoms with Gasteiger partial charge in [0.05, 0.1) is 23.4 Å². The Hall–Kier alpha value is -3.32. The summed E-state index contributed by atoms with van der Waals surface area (Å²) in [5.74, 6) is 0.420. The minimum absolute atomic E-state index is 0.0581. The Bertz CT molecular complexity index is 1170. The van der Waals surface area contributed by atoms with Gasteiger partial charge in [-0.2, -0.15) is 0 Å². The highest BCUT2D eigenvalue weighted by Gasteiger charge is 2.30. The summed E-state index contributed by atoms with van der Waals surface area (Å²) >= 11 is 0. The van der Waals surface area contributed by atoms with Gasteiger partial charge in [0.25, 0.3) is 10.0 Å². The van der Waals surface area contributed by atoms with Crippen LogP contribution < -0.4 is 9.04 Å². The van der Waals surface area contributed by atoms with E-state index in [1.54, 1.807) is 42.6 Å². The molecule has 0 aromatic heterocycles. The monoisotopic (exact) mass is 408 g/mol. The predicted octanol–water partition coefficient (Wildman–Crippen LogP) is 3.90. The lowest BCUT2D eigenvalue weighted by Gasteiger charge is -2.19. The van der Waals surface area contributed by atoms with Gasteiger partial charge in [0.2, 0.25) is 0 Å². The molecule has 0 saturated carbocycles. The van der Waals surface area contributed by atoms with Gasteiger partial charge >= 0.3 is 0 Å². The number of nitrogens with zero attached hydrogens (tertiary/aromatic N) is 2. The zero-order chi connectivity index (χ0) is 20.4. The highest BCUT2D eigenvalue weighted by atomic mass is 32.2. The Balaban J connectivity index is 1.55. The van der Waals surface area contributed by atoms with Gasteiger partial charge in [-0.3, -0.25) is 9.30 Å². The van der Waals surface area contributed by atoms with E-state index in [9.17, 15) is 13.5 Å². The van der Waals surface area contributed by atoms with Crippen molar-refractivity contribution in [3.05, 3.63) is 77.9 Å². The number of ether oxygens (including phenoxy) is 1. The van der Waals surface area contributed by atoms with Crippen molar-refractivity contribution in [1.29, 1.82) is 0 Å². The molecule has 148 valence electrons. The normalized spacial score (nSPS) is 13.6. The highest BCUT2D eigenvalue weighted by Crippen LogP contribution is 2.33. The maximum Gasteiger partial charge on any atom is 0.264 e. The summed E-state index contributed by atoms with van der Waals surface area (Å²) in [6.07, 6.45) is 2.34. The fourth-order valence-electron chi connectivity index (χ4n) is 3.31. The van der Waals surface area contributed by atoms with Gasteiger partial charge in [0.1, 0.15) is 0 Å². The largest absolute Gasteiger partial charge is 0.504 e. The van der Waals surface area contributed by atoms with Crippen molar-refractivity contribution in [3.8, 4) is 11.5 Å². The number of phenols is 1. The average Bonchev–Trinajstić information content (AvgIpc) is 3.18. The first-order valence-electron chi connectivity index (χ1n) is 9.11. The average molecular weight is 408 g/mol. The van der Waals surface area contributed by atoms with E-state index in [1.165, 1.54) is 17.5 Å². The molecule has 0 unspecified atom stereocenters. The summed E-state index contributed by atoms with van der Waals surface area (Å²) in [5, 5.41) is 9.65. The summed E-state index contributed by atoms with van der Waals surface area (Å²) in [4.78, 5) is 4.60. The van der Waals surface area contributed by atoms with Gasteiger partial charge in [0, 0.05) is 12.8 Å². The fourth-order valence-corrected chi connectivity index (χ4v) is 4.82. The molecule has 0 fully saturated rings. The lowest BCUT2D eigenvalue weighted by molar-refractivity contribution is 0.373. The second-order valence-electron chi connectivity index (χ2n) is 6.64. The third-order valence-electron chi connectivity index (χ3n) is 4.84. The molecular formula is C22H20N2O4S. The minimum atomic E-state index is -3.61. The van der Waals surface area contributed by atoms with Crippen LogP contribution in [0.1, 0.15) is 11.1 Å². The van der Waals surface area contributed by atoms with Crippen LogP contribution in [0.5, 0.6) is 11.5 Å². The van der Waals surface area contributed by atoms with Gasteiger partial charge < -0.3 is 9.84 Å². The molecule has 0 amide bonds. The molecule has 4 rings (SSSR count). The molecule has 1 N–H and O–H groups in total. The first-order chi connectivity index (χ1) is 14.0. The molecule has 7 heteroatoms. The molecule has 29 heavy (non-hydrogen) atoms. The van der Waals surface area contributed by atoms with Crippen molar-refractivity contribution in [1.82, 2.24) is 0 Å². The zero-order valence-electron chi connectivity index (χ0n) is 15.8. The van der Waals surface area contributed by atoms with E-state index in [0.717, 1.165) is 16.8 Å². The molecule has 0 saturated heterocycles. The first kappa shape index (κ1) is 19.0. The van der Waals surface area contributed by atoms with E-state index in [4.69, 9.17) is 4.74 Å². The van der Waals surface area contributed by atoms with Gasteiger partial charge in [-0.05, 0) is 66.1 Å². The molecular weight excluding hydrogens is 388 g/mol. The van der Waals surface area contributed by atoms with Crippen LogP contribution in [-0.4, -0.2) is 33.4 Å². The van der Waals surface area contributed by atoms with Crippen molar-refractivity contribution < 1.29 is 18.3 Å². The van der Waals surface area contributed by atoms with E-state index in [2.05, 4.69) is 4.99 Å². The number of anilines is 1. The maximum absolute atomic E-state index is 13.0. The smallest absolute Gasteiger partial charge is 0.264 e. The molecule has 0 spiro atoms. The first-order valence-corrected chi connectivity index (χ1v) is 10.5. The number of methoxy groups -OCH3 is 1.